The molecular formula is C21H17N3O2. The second-order valence-corrected chi connectivity index (χ2v) is 6.19. The van der Waals surface area contributed by atoms with Crippen molar-refractivity contribution in [2.75, 3.05) is 0 Å². The van der Waals surface area contributed by atoms with Gasteiger partial charge in [-0.25, -0.2) is 4.99 Å². The second-order valence-electron chi connectivity index (χ2n) is 6.19. The van der Waals surface area contributed by atoms with Gasteiger partial charge in [-0.3, -0.25) is 14.5 Å². The average Bonchev–Trinajstić information content (AvgIpc) is 2.95. The van der Waals surface area contributed by atoms with Crippen LogP contribution in [-0.4, -0.2) is 28.2 Å². The molecule has 128 valence electrons. The summed E-state index contributed by atoms with van der Waals surface area (Å²) < 4.78 is 0. The molecule has 0 saturated heterocycles. The first-order chi connectivity index (χ1) is 12.7. The third-order valence-electron chi connectivity index (χ3n) is 4.38. The maximum absolute atomic E-state index is 13.1. The molecule has 5 nitrogen and oxygen atoms in total. The topological polar surface area (TPSA) is 61.8 Å². The number of rotatable bonds is 4. The van der Waals surface area contributed by atoms with Crippen molar-refractivity contribution < 1.29 is 9.59 Å². The molecule has 0 bridgehead atoms. The molecule has 2 amide bonds. The molecule has 2 aliphatic heterocycles. The predicted octanol–water partition coefficient (Wildman–Crippen LogP) is 2.68. The standard InChI is InChI=1S/C21H17N3O2/c25-19(17-11-5-2-6-12-17)23-21(15-16-9-3-1-4-10-16)20(26)24-14-8-7-13-18(24)22-21/h1-14H,15H2,(H,23,25). The Labute approximate surface area is 151 Å². The molecule has 1 atom stereocenters. The van der Waals surface area contributed by atoms with E-state index in [0.29, 0.717) is 11.4 Å². The summed E-state index contributed by atoms with van der Waals surface area (Å²) >= 11 is 0. The van der Waals surface area contributed by atoms with Gasteiger partial charge >= 0.3 is 0 Å². The zero-order valence-corrected chi connectivity index (χ0v) is 14.0. The van der Waals surface area contributed by atoms with Crippen molar-refractivity contribution in [3.63, 3.8) is 0 Å². The normalized spacial score (nSPS) is 20.7. The van der Waals surface area contributed by atoms with Gasteiger partial charge in [0.25, 0.3) is 11.8 Å². The van der Waals surface area contributed by atoms with Gasteiger partial charge < -0.3 is 5.32 Å². The zero-order valence-electron chi connectivity index (χ0n) is 14.0. The van der Waals surface area contributed by atoms with Crippen LogP contribution >= 0.6 is 0 Å². The van der Waals surface area contributed by atoms with Gasteiger partial charge in [0.1, 0.15) is 5.84 Å². The summed E-state index contributed by atoms with van der Waals surface area (Å²) in [6, 6.07) is 18.4. The van der Waals surface area contributed by atoms with Crippen LogP contribution < -0.4 is 5.32 Å². The van der Waals surface area contributed by atoms with Crippen LogP contribution in [0.25, 0.3) is 0 Å². The summed E-state index contributed by atoms with van der Waals surface area (Å²) in [6.07, 6.45) is 7.31. The molecule has 0 radical (unpaired) electrons. The van der Waals surface area contributed by atoms with Gasteiger partial charge in [0.15, 0.2) is 0 Å². The summed E-state index contributed by atoms with van der Waals surface area (Å²) in [5.41, 5.74) is 0.0538. The molecule has 0 aliphatic carbocycles. The molecule has 2 aromatic rings. The maximum atomic E-state index is 13.1. The minimum atomic E-state index is -1.36. The van der Waals surface area contributed by atoms with Gasteiger partial charge in [-0.05, 0) is 29.8 Å². The zero-order chi connectivity index (χ0) is 18.0. The van der Waals surface area contributed by atoms with Gasteiger partial charge in [-0.1, -0.05) is 54.6 Å². The van der Waals surface area contributed by atoms with E-state index in [9.17, 15) is 9.59 Å². The number of carbonyl (C=O) groups excluding carboxylic acids is 2. The molecule has 0 fully saturated rings. The van der Waals surface area contributed by atoms with Crippen molar-refractivity contribution >= 4 is 17.6 Å². The highest BCUT2D eigenvalue weighted by Gasteiger charge is 2.48. The number of fused-ring (bicyclic) bond motifs is 1. The van der Waals surface area contributed by atoms with Gasteiger partial charge in [0, 0.05) is 18.2 Å². The molecule has 5 heteroatoms. The number of aliphatic imine (C=N–C) groups is 1. The van der Waals surface area contributed by atoms with E-state index < -0.39 is 5.66 Å². The van der Waals surface area contributed by atoms with Crippen LogP contribution in [0.1, 0.15) is 15.9 Å². The Kier molecular flexibility index (Phi) is 3.97. The largest absolute Gasteiger partial charge is 0.320 e. The van der Waals surface area contributed by atoms with Crippen molar-refractivity contribution in [2.45, 2.75) is 12.1 Å². The minimum Gasteiger partial charge on any atom is -0.320 e. The van der Waals surface area contributed by atoms with Crippen LogP contribution in [0.5, 0.6) is 0 Å². The van der Waals surface area contributed by atoms with Crippen LogP contribution in [0, 0.1) is 0 Å². The molecule has 2 heterocycles. The van der Waals surface area contributed by atoms with E-state index in [0.717, 1.165) is 5.56 Å². The lowest BCUT2D eigenvalue weighted by Gasteiger charge is -2.26. The van der Waals surface area contributed by atoms with Gasteiger partial charge in [-0.15, -0.1) is 0 Å². The third-order valence-corrected chi connectivity index (χ3v) is 4.38. The molecule has 2 aliphatic rings. The second kappa shape index (κ2) is 6.44. The quantitative estimate of drug-likeness (QED) is 0.928. The van der Waals surface area contributed by atoms with E-state index in [4.69, 9.17) is 0 Å². The first kappa shape index (κ1) is 16.0. The Morgan fingerprint density at radius 1 is 1.00 bits per heavy atom. The monoisotopic (exact) mass is 343 g/mol. The summed E-state index contributed by atoms with van der Waals surface area (Å²) in [5.74, 6) is -0.0601. The van der Waals surface area contributed by atoms with Crippen molar-refractivity contribution in [1.29, 1.82) is 0 Å². The van der Waals surface area contributed by atoms with Crippen LogP contribution in [0.2, 0.25) is 0 Å². The summed E-state index contributed by atoms with van der Waals surface area (Å²) in [6.45, 7) is 0. The highest BCUT2D eigenvalue weighted by Crippen LogP contribution is 2.27. The number of allylic oxidation sites excluding steroid dienone is 2. The average molecular weight is 343 g/mol. The molecule has 26 heavy (non-hydrogen) atoms. The highest BCUT2D eigenvalue weighted by atomic mass is 16.2. The Morgan fingerprint density at radius 2 is 1.69 bits per heavy atom. The smallest absolute Gasteiger partial charge is 0.281 e. The van der Waals surface area contributed by atoms with Crippen LogP contribution in [-0.2, 0) is 11.2 Å². The molecule has 0 saturated carbocycles. The molecule has 0 spiro atoms. The Balaban J connectivity index is 1.72. The lowest BCUT2D eigenvalue weighted by Crippen LogP contribution is -2.55. The Hall–Kier alpha value is -3.47. The highest BCUT2D eigenvalue weighted by molar-refractivity contribution is 6.15. The lowest BCUT2D eigenvalue weighted by atomic mass is 9.98. The fourth-order valence-corrected chi connectivity index (χ4v) is 3.12. The van der Waals surface area contributed by atoms with E-state index in [2.05, 4.69) is 10.3 Å². The molecule has 4 rings (SSSR count). The first-order valence-electron chi connectivity index (χ1n) is 8.38. The fraction of sp³-hybridized carbons (Fsp3) is 0.0952. The third kappa shape index (κ3) is 2.84. The van der Waals surface area contributed by atoms with Crippen LogP contribution in [0.3, 0.4) is 0 Å². The van der Waals surface area contributed by atoms with E-state index in [1.165, 1.54) is 4.90 Å². The van der Waals surface area contributed by atoms with Crippen molar-refractivity contribution in [1.82, 2.24) is 10.2 Å². The number of benzene rings is 2. The molecule has 1 unspecified atom stereocenters. The number of hydrogen-bond donors (Lipinski definition) is 1. The van der Waals surface area contributed by atoms with Crippen molar-refractivity contribution in [3.05, 3.63) is 96.2 Å². The van der Waals surface area contributed by atoms with E-state index in [-0.39, 0.29) is 18.2 Å². The number of nitrogens with one attached hydrogen (secondary N) is 1. The number of amidine groups is 1. The SMILES string of the molecule is O=C(NC1(Cc2ccccc2)N=C2C=CC=CN2C1=O)c1ccccc1. The molecule has 0 aromatic heterocycles. The number of carbonyl (C=O) groups is 2. The maximum Gasteiger partial charge on any atom is 0.281 e. The summed E-state index contributed by atoms with van der Waals surface area (Å²) in [5, 5.41) is 2.88. The van der Waals surface area contributed by atoms with Crippen LogP contribution in [0.15, 0.2) is 90.1 Å². The van der Waals surface area contributed by atoms with E-state index in [1.807, 2.05) is 42.5 Å². The first-order valence-corrected chi connectivity index (χ1v) is 8.38. The fourth-order valence-electron chi connectivity index (χ4n) is 3.12. The molecular weight excluding hydrogens is 326 g/mol. The van der Waals surface area contributed by atoms with Crippen LogP contribution in [0.4, 0.5) is 0 Å². The summed E-state index contributed by atoms with van der Waals surface area (Å²) in [7, 11) is 0. The van der Waals surface area contributed by atoms with Gasteiger partial charge in [-0.2, -0.15) is 0 Å². The summed E-state index contributed by atoms with van der Waals surface area (Å²) in [4.78, 5) is 32.0. The van der Waals surface area contributed by atoms with Gasteiger partial charge in [0.2, 0.25) is 5.66 Å². The Morgan fingerprint density at radius 3 is 2.38 bits per heavy atom. The molecule has 2 aromatic carbocycles. The lowest BCUT2D eigenvalue weighted by molar-refractivity contribution is -0.130. The van der Waals surface area contributed by atoms with Gasteiger partial charge in [0.05, 0.1) is 0 Å². The van der Waals surface area contributed by atoms with Crippen molar-refractivity contribution in [3.8, 4) is 0 Å². The molecule has 1 N–H and O–H groups in total. The Bertz CT molecular complexity index is 932. The number of hydrogen-bond acceptors (Lipinski definition) is 3. The van der Waals surface area contributed by atoms with E-state index in [1.54, 1.807) is 42.6 Å². The predicted molar refractivity (Wildman–Crippen MR) is 99.3 cm³/mol. The minimum absolute atomic E-state index is 0.263. The van der Waals surface area contributed by atoms with E-state index >= 15 is 0 Å². The number of amides is 2. The number of nitrogens with zero attached hydrogens (tertiary/aromatic N) is 2. The van der Waals surface area contributed by atoms with Crippen molar-refractivity contribution in [2.24, 2.45) is 4.99 Å².